The third-order valence-corrected chi connectivity index (χ3v) is 5.54. The highest BCUT2D eigenvalue weighted by molar-refractivity contribution is 5.79. The van der Waals surface area contributed by atoms with Crippen LogP contribution in [0.1, 0.15) is 36.1 Å². The van der Waals surface area contributed by atoms with Crippen molar-refractivity contribution in [2.75, 3.05) is 6.61 Å². The predicted molar refractivity (Wildman–Crippen MR) is 117 cm³/mol. The fourth-order valence-corrected chi connectivity index (χ4v) is 3.77. The van der Waals surface area contributed by atoms with Crippen LogP contribution in [0.2, 0.25) is 0 Å². The van der Waals surface area contributed by atoms with E-state index in [9.17, 15) is 18.7 Å². The number of hydrogen-bond donors (Lipinski definition) is 1. The lowest BCUT2D eigenvalue weighted by molar-refractivity contribution is -0.140. The van der Waals surface area contributed by atoms with Gasteiger partial charge in [-0.25, -0.2) is 8.78 Å². The summed E-state index contributed by atoms with van der Waals surface area (Å²) in [6.45, 7) is 1.97. The average Bonchev–Trinajstić information content (AvgIpc) is 2.79. The Labute approximate surface area is 182 Å². The fourth-order valence-electron chi connectivity index (χ4n) is 3.77. The molecule has 162 valence electrons. The summed E-state index contributed by atoms with van der Waals surface area (Å²) in [4.78, 5) is 15.3. The molecule has 0 unspecified atom stereocenters. The smallest absolute Gasteiger partial charge is 0.226 e. The van der Waals surface area contributed by atoms with Crippen molar-refractivity contribution in [2.45, 2.75) is 32.4 Å². The summed E-state index contributed by atoms with van der Waals surface area (Å²) < 4.78 is 27.5. The summed E-state index contributed by atoms with van der Waals surface area (Å²) >= 11 is 0. The highest BCUT2D eigenvalue weighted by Crippen LogP contribution is 2.27. The molecule has 0 fully saturated rings. The molecule has 3 nitrogen and oxygen atoms in total. The van der Waals surface area contributed by atoms with Gasteiger partial charge in [0.2, 0.25) is 5.91 Å². The van der Waals surface area contributed by atoms with E-state index < -0.39 is 23.6 Å². The maximum atomic E-state index is 14.2. The van der Waals surface area contributed by atoms with E-state index in [2.05, 4.69) is 0 Å². The first-order chi connectivity index (χ1) is 15.0. The Morgan fingerprint density at radius 3 is 2.19 bits per heavy atom. The zero-order valence-electron chi connectivity index (χ0n) is 17.5. The Hall–Kier alpha value is -3.05. The van der Waals surface area contributed by atoms with Gasteiger partial charge in [0, 0.05) is 18.5 Å². The molecule has 0 aromatic heterocycles. The van der Waals surface area contributed by atoms with E-state index >= 15 is 0 Å². The Bertz CT molecular complexity index is 979. The molecule has 3 rings (SSSR count). The normalized spacial score (nSPS) is 12.9. The second-order valence-corrected chi connectivity index (χ2v) is 7.61. The van der Waals surface area contributed by atoms with E-state index in [0.29, 0.717) is 18.5 Å². The van der Waals surface area contributed by atoms with Gasteiger partial charge in [0.25, 0.3) is 0 Å². The van der Waals surface area contributed by atoms with Crippen LogP contribution in [0.4, 0.5) is 8.78 Å². The van der Waals surface area contributed by atoms with E-state index in [1.54, 1.807) is 4.90 Å². The van der Waals surface area contributed by atoms with Gasteiger partial charge in [0.05, 0.1) is 12.6 Å². The molecule has 3 aromatic carbocycles. The minimum Gasteiger partial charge on any atom is -0.394 e. The van der Waals surface area contributed by atoms with Crippen molar-refractivity contribution in [3.63, 3.8) is 0 Å². The van der Waals surface area contributed by atoms with Crippen LogP contribution in [0.5, 0.6) is 0 Å². The molecule has 0 saturated heterocycles. The third kappa shape index (κ3) is 5.76. The van der Waals surface area contributed by atoms with Crippen molar-refractivity contribution in [2.24, 2.45) is 5.92 Å². The van der Waals surface area contributed by atoms with E-state index in [0.717, 1.165) is 17.2 Å². The second-order valence-electron chi connectivity index (χ2n) is 7.61. The van der Waals surface area contributed by atoms with E-state index in [1.807, 2.05) is 67.6 Å². The number of carbonyl (C=O) groups is 1. The molecule has 0 saturated carbocycles. The molecule has 3 aromatic rings. The maximum absolute atomic E-state index is 14.2. The van der Waals surface area contributed by atoms with Gasteiger partial charge in [0.15, 0.2) is 0 Å². The van der Waals surface area contributed by atoms with Gasteiger partial charge in [-0.15, -0.1) is 0 Å². The monoisotopic (exact) mass is 423 g/mol. The van der Waals surface area contributed by atoms with Crippen LogP contribution in [-0.2, 0) is 17.8 Å². The molecule has 31 heavy (non-hydrogen) atoms. The minimum atomic E-state index is -0.650. The van der Waals surface area contributed by atoms with Crippen LogP contribution in [0.3, 0.4) is 0 Å². The quantitative estimate of drug-likeness (QED) is 0.508. The summed E-state index contributed by atoms with van der Waals surface area (Å²) in [7, 11) is 0. The van der Waals surface area contributed by atoms with Crippen molar-refractivity contribution in [3.8, 4) is 0 Å². The number of halogens is 2. The summed E-state index contributed by atoms with van der Waals surface area (Å²) in [5.74, 6) is -1.96. The summed E-state index contributed by atoms with van der Waals surface area (Å²) in [5.41, 5.74) is 2.08. The first kappa shape index (κ1) is 22.6. The number of carbonyl (C=O) groups excluding carboxylic acids is 1. The number of hydrogen-bond acceptors (Lipinski definition) is 2. The molecule has 0 aliphatic carbocycles. The highest BCUT2D eigenvalue weighted by atomic mass is 19.1. The van der Waals surface area contributed by atoms with Crippen LogP contribution < -0.4 is 0 Å². The number of aliphatic hydroxyl groups is 1. The van der Waals surface area contributed by atoms with Crippen molar-refractivity contribution in [3.05, 3.63) is 107 Å². The van der Waals surface area contributed by atoms with Gasteiger partial charge < -0.3 is 10.0 Å². The van der Waals surface area contributed by atoms with Gasteiger partial charge >= 0.3 is 0 Å². The van der Waals surface area contributed by atoms with Crippen molar-refractivity contribution in [1.29, 1.82) is 0 Å². The molecule has 0 heterocycles. The Morgan fingerprint density at radius 2 is 1.61 bits per heavy atom. The highest BCUT2D eigenvalue weighted by Gasteiger charge is 2.30. The lowest BCUT2D eigenvalue weighted by Gasteiger charge is -2.34. The van der Waals surface area contributed by atoms with E-state index in [4.69, 9.17) is 0 Å². The molecular weight excluding hydrogens is 396 g/mol. The number of nitrogens with zero attached hydrogens (tertiary/aromatic N) is 1. The summed E-state index contributed by atoms with van der Waals surface area (Å²) in [6, 6.07) is 21.9. The summed E-state index contributed by atoms with van der Waals surface area (Å²) in [6.07, 6.45) is 0.660. The molecule has 5 heteroatoms. The zero-order valence-corrected chi connectivity index (χ0v) is 17.5. The van der Waals surface area contributed by atoms with Crippen LogP contribution in [0, 0.1) is 17.6 Å². The zero-order chi connectivity index (χ0) is 22.2. The van der Waals surface area contributed by atoms with Gasteiger partial charge in [-0.05, 0) is 35.6 Å². The Kier molecular flexibility index (Phi) is 7.90. The maximum Gasteiger partial charge on any atom is 0.226 e. The molecular formula is C26H27F2NO2. The molecule has 2 atom stereocenters. The molecule has 0 spiro atoms. The number of rotatable bonds is 9. The molecule has 0 aliphatic rings. The average molecular weight is 424 g/mol. The summed E-state index contributed by atoms with van der Waals surface area (Å²) in [5, 5.41) is 10.2. The van der Waals surface area contributed by atoms with Crippen molar-refractivity contribution in [1.82, 2.24) is 4.90 Å². The van der Waals surface area contributed by atoms with Crippen LogP contribution in [0.15, 0.2) is 78.9 Å². The fraction of sp³-hybridized carbons (Fsp3) is 0.269. The number of benzene rings is 3. The predicted octanol–water partition coefficient (Wildman–Crippen LogP) is 5.30. The van der Waals surface area contributed by atoms with Gasteiger partial charge in [0.1, 0.15) is 11.6 Å². The van der Waals surface area contributed by atoms with Gasteiger partial charge in [-0.1, -0.05) is 73.7 Å². The third-order valence-electron chi connectivity index (χ3n) is 5.54. The topological polar surface area (TPSA) is 40.5 Å². The number of amides is 1. The van der Waals surface area contributed by atoms with Crippen molar-refractivity contribution < 1.29 is 18.7 Å². The first-order valence-electron chi connectivity index (χ1n) is 10.5. The molecule has 0 radical (unpaired) electrons. The van der Waals surface area contributed by atoms with E-state index in [-0.39, 0.29) is 18.9 Å². The standard InChI is InChI=1S/C26H27F2NO2/c1-2-20(15-22-13-14-23(27)16-24(22)28)26(31)29(17-19-9-5-3-6-10-19)25(18-30)21-11-7-4-8-12-21/h3-14,16,20,25,30H,2,15,17-18H2,1H3/t20-,25-/m0/s1. The SMILES string of the molecule is CC[C@@H](Cc1ccc(F)cc1F)C(=O)N(Cc1ccccc1)[C@@H](CO)c1ccccc1. The number of aliphatic hydroxyl groups excluding tert-OH is 1. The van der Waals surface area contributed by atoms with Crippen LogP contribution in [-0.4, -0.2) is 22.5 Å². The Balaban J connectivity index is 1.92. The van der Waals surface area contributed by atoms with Crippen molar-refractivity contribution >= 4 is 5.91 Å². The van der Waals surface area contributed by atoms with Gasteiger partial charge in [-0.2, -0.15) is 0 Å². The first-order valence-corrected chi connectivity index (χ1v) is 10.5. The van der Waals surface area contributed by atoms with Crippen LogP contribution >= 0.6 is 0 Å². The lowest BCUT2D eigenvalue weighted by atomic mass is 9.93. The molecule has 0 aliphatic heterocycles. The van der Waals surface area contributed by atoms with E-state index in [1.165, 1.54) is 12.1 Å². The molecule has 0 bridgehead atoms. The Morgan fingerprint density at radius 1 is 0.968 bits per heavy atom. The second kappa shape index (κ2) is 10.8. The van der Waals surface area contributed by atoms with Gasteiger partial charge in [-0.3, -0.25) is 4.79 Å². The minimum absolute atomic E-state index is 0.166. The molecule has 1 amide bonds. The van der Waals surface area contributed by atoms with Crippen LogP contribution in [0.25, 0.3) is 0 Å². The largest absolute Gasteiger partial charge is 0.394 e. The lowest BCUT2D eigenvalue weighted by Crippen LogP contribution is -2.40. The molecule has 1 N–H and O–H groups in total.